The van der Waals surface area contributed by atoms with E-state index in [2.05, 4.69) is 0 Å². The van der Waals surface area contributed by atoms with E-state index in [9.17, 15) is 4.57 Å². The predicted molar refractivity (Wildman–Crippen MR) is 61.0 cm³/mol. The van der Waals surface area contributed by atoms with Gasteiger partial charge in [-0.3, -0.25) is 0 Å². The van der Waals surface area contributed by atoms with E-state index in [4.69, 9.17) is 18.9 Å². The molecule has 6 heteroatoms. The SMILES string of the molecule is CCCCOC(C)(OCCCC)O[P+](=O)O. The molecule has 0 aromatic heterocycles. The van der Waals surface area contributed by atoms with E-state index in [-0.39, 0.29) is 0 Å². The van der Waals surface area contributed by atoms with Crippen LogP contribution in [0.15, 0.2) is 0 Å². The molecule has 0 aliphatic carbocycles. The molecule has 0 aliphatic rings. The van der Waals surface area contributed by atoms with Crippen molar-refractivity contribution in [2.75, 3.05) is 13.2 Å². The van der Waals surface area contributed by atoms with Crippen LogP contribution in [-0.4, -0.2) is 24.1 Å². The molecule has 1 unspecified atom stereocenters. The van der Waals surface area contributed by atoms with Crippen molar-refractivity contribution in [1.82, 2.24) is 0 Å². The molecule has 0 spiro atoms. The minimum atomic E-state index is -2.73. The zero-order chi connectivity index (χ0) is 12.4. The van der Waals surface area contributed by atoms with E-state index in [0.717, 1.165) is 25.7 Å². The Morgan fingerprint density at radius 2 is 1.56 bits per heavy atom. The van der Waals surface area contributed by atoms with Crippen molar-refractivity contribution in [1.29, 1.82) is 0 Å². The van der Waals surface area contributed by atoms with Crippen LogP contribution in [0.3, 0.4) is 0 Å². The van der Waals surface area contributed by atoms with Crippen LogP contribution >= 0.6 is 8.25 Å². The van der Waals surface area contributed by atoms with Gasteiger partial charge in [0.05, 0.1) is 13.2 Å². The first kappa shape index (κ1) is 15.9. The molecule has 0 bridgehead atoms. The van der Waals surface area contributed by atoms with Gasteiger partial charge in [0.25, 0.3) is 0 Å². The summed E-state index contributed by atoms with van der Waals surface area (Å²) in [6.45, 7) is 6.48. The van der Waals surface area contributed by atoms with Crippen molar-refractivity contribution in [3.8, 4) is 0 Å². The van der Waals surface area contributed by atoms with Gasteiger partial charge in [0.1, 0.15) is 0 Å². The third-order valence-electron chi connectivity index (χ3n) is 1.97. The second-order valence-corrected chi connectivity index (χ2v) is 4.25. The Bertz CT molecular complexity index is 188. The topological polar surface area (TPSA) is 65.0 Å². The van der Waals surface area contributed by atoms with Gasteiger partial charge in [-0.05, 0) is 12.8 Å². The van der Waals surface area contributed by atoms with Gasteiger partial charge in [0, 0.05) is 11.5 Å². The van der Waals surface area contributed by atoms with E-state index >= 15 is 0 Å². The molecule has 0 aliphatic heterocycles. The van der Waals surface area contributed by atoms with Gasteiger partial charge < -0.3 is 9.47 Å². The summed E-state index contributed by atoms with van der Waals surface area (Å²) in [6.07, 6.45) is 3.68. The van der Waals surface area contributed by atoms with Crippen LogP contribution in [-0.2, 0) is 18.6 Å². The Hall–Kier alpha value is -0.0600. The van der Waals surface area contributed by atoms with Gasteiger partial charge in [-0.1, -0.05) is 31.2 Å². The summed E-state index contributed by atoms with van der Waals surface area (Å²) in [7, 11) is -2.73. The lowest BCUT2D eigenvalue weighted by Gasteiger charge is -2.23. The number of unbranched alkanes of at least 4 members (excludes halogenated alkanes) is 2. The lowest BCUT2D eigenvalue weighted by molar-refractivity contribution is -0.333. The minimum Gasteiger partial charge on any atom is -0.325 e. The molecule has 16 heavy (non-hydrogen) atoms. The third kappa shape index (κ3) is 8.13. The van der Waals surface area contributed by atoms with Gasteiger partial charge >= 0.3 is 14.2 Å². The van der Waals surface area contributed by atoms with E-state index in [1.165, 1.54) is 6.92 Å². The minimum absolute atomic E-state index is 0.447. The largest absolute Gasteiger partial charge is 0.700 e. The smallest absolute Gasteiger partial charge is 0.325 e. The van der Waals surface area contributed by atoms with Gasteiger partial charge in [-0.25, -0.2) is 0 Å². The monoisotopic (exact) mass is 253 g/mol. The van der Waals surface area contributed by atoms with Gasteiger partial charge in [0.15, 0.2) is 0 Å². The van der Waals surface area contributed by atoms with E-state index in [1.807, 2.05) is 13.8 Å². The highest BCUT2D eigenvalue weighted by molar-refractivity contribution is 7.32. The van der Waals surface area contributed by atoms with Crippen molar-refractivity contribution in [3.63, 3.8) is 0 Å². The standard InChI is InChI=1S/C10H21O5P/c1-4-6-8-13-10(3,15-16(11)12)14-9-7-5-2/h4-9H2,1-3H3/p+1. The molecule has 0 aromatic rings. The van der Waals surface area contributed by atoms with Gasteiger partial charge in [0.2, 0.25) is 0 Å². The summed E-state index contributed by atoms with van der Waals surface area (Å²) < 4.78 is 26.1. The fourth-order valence-electron chi connectivity index (χ4n) is 1.04. The molecule has 5 nitrogen and oxygen atoms in total. The van der Waals surface area contributed by atoms with Crippen molar-refractivity contribution < 1.29 is 23.5 Å². The van der Waals surface area contributed by atoms with Crippen LogP contribution in [0.4, 0.5) is 0 Å². The molecule has 96 valence electrons. The van der Waals surface area contributed by atoms with Crippen molar-refractivity contribution in [2.45, 2.75) is 52.4 Å². The Morgan fingerprint density at radius 1 is 1.12 bits per heavy atom. The molecule has 1 atom stereocenters. The molecular weight excluding hydrogens is 231 g/mol. The van der Waals surface area contributed by atoms with E-state index in [0.29, 0.717) is 13.2 Å². The molecule has 1 N–H and O–H groups in total. The van der Waals surface area contributed by atoms with Crippen LogP contribution in [0.1, 0.15) is 46.5 Å². The molecule has 0 rings (SSSR count). The predicted octanol–water partition coefficient (Wildman–Crippen LogP) is 2.96. The van der Waals surface area contributed by atoms with Crippen LogP contribution in [0.2, 0.25) is 0 Å². The van der Waals surface area contributed by atoms with Gasteiger partial charge in [-0.15, -0.1) is 4.89 Å². The maximum absolute atomic E-state index is 10.6. The Morgan fingerprint density at radius 3 is 1.88 bits per heavy atom. The van der Waals surface area contributed by atoms with Crippen LogP contribution < -0.4 is 0 Å². The molecule has 0 saturated heterocycles. The summed E-state index contributed by atoms with van der Waals surface area (Å²) in [6, 6.07) is 0. The summed E-state index contributed by atoms with van der Waals surface area (Å²) in [4.78, 5) is 8.73. The van der Waals surface area contributed by atoms with Crippen molar-refractivity contribution in [2.24, 2.45) is 0 Å². The lowest BCUT2D eigenvalue weighted by atomic mass is 10.3. The molecule has 0 heterocycles. The molecule has 0 saturated carbocycles. The maximum Gasteiger partial charge on any atom is 0.700 e. The number of rotatable bonds is 10. The molecule has 0 aromatic carbocycles. The summed E-state index contributed by atoms with van der Waals surface area (Å²) >= 11 is 0. The van der Waals surface area contributed by atoms with E-state index in [1.54, 1.807) is 0 Å². The number of hydrogen-bond acceptors (Lipinski definition) is 4. The normalized spacial score (nSPS) is 12.9. The summed E-state index contributed by atoms with van der Waals surface area (Å²) in [5, 5.41) is 0. The summed E-state index contributed by atoms with van der Waals surface area (Å²) in [5.74, 6) is -1.41. The van der Waals surface area contributed by atoms with Crippen molar-refractivity contribution in [3.05, 3.63) is 0 Å². The first-order chi connectivity index (χ1) is 7.54. The van der Waals surface area contributed by atoms with Crippen molar-refractivity contribution >= 4 is 8.25 Å². The molecule has 0 radical (unpaired) electrons. The van der Waals surface area contributed by atoms with Crippen LogP contribution in [0.5, 0.6) is 0 Å². The highest BCUT2D eigenvalue weighted by atomic mass is 31.1. The number of hydrogen-bond donors (Lipinski definition) is 1. The molecule has 0 fully saturated rings. The second kappa shape index (κ2) is 9.02. The summed E-state index contributed by atoms with van der Waals surface area (Å²) in [5.41, 5.74) is 0. The fraction of sp³-hybridized carbons (Fsp3) is 1.00. The first-order valence-electron chi connectivity index (χ1n) is 5.67. The zero-order valence-electron chi connectivity index (χ0n) is 10.3. The van der Waals surface area contributed by atoms with Crippen LogP contribution in [0.25, 0.3) is 0 Å². The van der Waals surface area contributed by atoms with Crippen LogP contribution in [0, 0.1) is 0 Å². The van der Waals surface area contributed by atoms with Gasteiger partial charge in [-0.2, -0.15) is 0 Å². The Kier molecular flexibility index (Phi) is 8.99. The first-order valence-corrected chi connectivity index (χ1v) is 6.80. The Labute approximate surface area is 98.0 Å². The highest BCUT2D eigenvalue weighted by Crippen LogP contribution is 2.28. The van der Waals surface area contributed by atoms with E-state index < -0.39 is 14.2 Å². The average molecular weight is 253 g/mol. The quantitative estimate of drug-likeness (QED) is 0.368. The lowest BCUT2D eigenvalue weighted by Crippen LogP contribution is -2.34. The molecular formula is C10H22O5P+. The maximum atomic E-state index is 10.6. The fourth-order valence-corrected chi connectivity index (χ4v) is 1.43. The second-order valence-electron chi connectivity index (χ2n) is 3.60. The zero-order valence-corrected chi connectivity index (χ0v) is 11.2. The third-order valence-corrected chi connectivity index (χ3v) is 2.46. The Balaban J connectivity index is 4.07. The molecule has 0 amide bonds. The average Bonchev–Trinajstić information content (AvgIpc) is 2.17. The number of ether oxygens (including phenoxy) is 2. The highest BCUT2D eigenvalue weighted by Gasteiger charge is 2.38.